The molecule has 2 rings (SSSR count). The summed E-state index contributed by atoms with van der Waals surface area (Å²) in [7, 11) is 0. The van der Waals surface area contributed by atoms with Gasteiger partial charge in [-0.05, 0) is 31.9 Å². The minimum absolute atomic E-state index is 0.0773. The van der Waals surface area contributed by atoms with E-state index in [-0.39, 0.29) is 17.8 Å². The van der Waals surface area contributed by atoms with Crippen molar-refractivity contribution in [3.05, 3.63) is 29.6 Å². The quantitative estimate of drug-likeness (QED) is 0.349. The van der Waals surface area contributed by atoms with E-state index in [1.165, 1.54) is 0 Å². The van der Waals surface area contributed by atoms with Crippen molar-refractivity contribution in [1.82, 2.24) is 9.88 Å². The molecule has 6 nitrogen and oxygen atoms in total. The summed E-state index contributed by atoms with van der Waals surface area (Å²) >= 11 is 0. The van der Waals surface area contributed by atoms with E-state index in [2.05, 4.69) is 10.1 Å². The number of aryl methyl sites for hydroxylation is 1. The highest BCUT2D eigenvalue weighted by molar-refractivity contribution is 5.97. The van der Waals surface area contributed by atoms with Crippen LogP contribution in [-0.2, 0) is 0 Å². The Morgan fingerprint density at radius 2 is 2.39 bits per heavy atom. The lowest BCUT2D eigenvalue weighted by molar-refractivity contribution is 0.0762. The molecule has 1 aliphatic heterocycles. The normalized spacial score (nSPS) is 20.2. The van der Waals surface area contributed by atoms with Crippen LogP contribution in [0.3, 0.4) is 0 Å². The number of likely N-dealkylation sites (tertiary alicyclic amines) is 1. The number of pyridine rings is 1. The van der Waals surface area contributed by atoms with E-state index < -0.39 is 0 Å². The fourth-order valence-corrected chi connectivity index (χ4v) is 2.19. The Morgan fingerprint density at radius 3 is 3.06 bits per heavy atom. The number of carbonyl (C=O) groups excluding carboxylic acids is 1. The van der Waals surface area contributed by atoms with Crippen LogP contribution in [0, 0.1) is 6.92 Å². The number of amides is 1. The highest BCUT2D eigenvalue weighted by atomic mass is 16.4. The van der Waals surface area contributed by atoms with Crippen LogP contribution in [0.15, 0.2) is 23.4 Å². The van der Waals surface area contributed by atoms with E-state index in [1.54, 1.807) is 17.0 Å². The first-order chi connectivity index (χ1) is 8.63. The van der Waals surface area contributed by atoms with Crippen molar-refractivity contribution in [1.29, 1.82) is 0 Å². The van der Waals surface area contributed by atoms with E-state index in [0.29, 0.717) is 18.7 Å². The zero-order valence-electron chi connectivity index (χ0n) is 10.2. The lowest BCUT2D eigenvalue weighted by Crippen LogP contribution is -2.44. The fraction of sp³-hybridized carbons (Fsp3) is 0.417. The van der Waals surface area contributed by atoms with Crippen molar-refractivity contribution in [2.75, 3.05) is 6.54 Å². The van der Waals surface area contributed by atoms with Crippen molar-refractivity contribution >= 4 is 11.7 Å². The number of carbonyl (C=O) groups is 1. The number of oxime groups is 1. The maximum absolute atomic E-state index is 12.3. The van der Waals surface area contributed by atoms with Gasteiger partial charge in [-0.2, -0.15) is 0 Å². The molecule has 1 aliphatic rings. The Balaban J connectivity index is 2.23. The van der Waals surface area contributed by atoms with Gasteiger partial charge < -0.3 is 15.8 Å². The summed E-state index contributed by atoms with van der Waals surface area (Å²) in [5.41, 5.74) is 6.79. The number of nitrogens with zero attached hydrogens (tertiary/aromatic N) is 3. The molecular weight excluding hydrogens is 232 g/mol. The molecule has 3 N–H and O–H groups in total. The van der Waals surface area contributed by atoms with Gasteiger partial charge in [0.1, 0.15) is 5.69 Å². The number of nitrogens with two attached hydrogens (primary N) is 1. The first kappa shape index (κ1) is 12.3. The molecule has 0 saturated carbocycles. The van der Waals surface area contributed by atoms with Gasteiger partial charge in [0.2, 0.25) is 0 Å². The van der Waals surface area contributed by atoms with Crippen molar-refractivity contribution < 1.29 is 10.0 Å². The van der Waals surface area contributed by atoms with E-state index in [1.807, 2.05) is 13.0 Å². The molecule has 2 heterocycles. The largest absolute Gasteiger partial charge is 0.409 e. The molecule has 1 fully saturated rings. The molecule has 1 unspecified atom stereocenters. The molecule has 1 saturated heterocycles. The second-order valence-corrected chi connectivity index (χ2v) is 4.35. The van der Waals surface area contributed by atoms with E-state index >= 15 is 0 Å². The third kappa shape index (κ3) is 2.27. The first-order valence-electron chi connectivity index (χ1n) is 5.85. The molecule has 0 aliphatic carbocycles. The average molecular weight is 248 g/mol. The highest BCUT2D eigenvalue weighted by Crippen LogP contribution is 2.19. The van der Waals surface area contributed by atoms with Crippen LogP contribution < -0.4 is 5.73 Å². The molecule has 18 heavy (non-hydrogen) atoms. The van der Waals surface area contributed by atoms with Crippen LogP contribution in [0.2, 0.25) is 0 Å². The standard InChI is InChI=1S/C12H16N4O2/c1-8-4-2-5-9(14-8)12(17)16-7-3-6-10(16)11(13)15-18/h2,4-5,10,18H,3,6-7H2,1H3,(H2,13,15). The molecule has 0 aromatic carbocycles. The summed E-state index contributed by atoms with van der Waals surface area (Å²) in [5, 5.41) is 11.7. The molecule has 0 radical (unpaired) electrons. The lowest BCUT2D eigenvalue weighted by Gasteiger charge is -2.23. The molecule has 0 spiro atoms. The molecule has 1 aromatic rings. The maximum Gasteiger partial charge on any atom is 0.273 e. The van der Waals surface area contributed by atoms with Crippen LogP contribution in [0.4, 0.5) is 0 Å². The second-order valence-electron chi connectivity index (χ2n) is 4.35. The summed E-state index contributed by atoms with van der Waals surface area (Å²) in [6.07, 6.45) is 1.56. The smallest absolute Gasteiger partial charge is 0.273 e. The molecule has 96 valence electrons. The minimum Gasteiger partial charge on any atom is -0.409 e. The van der Waals surface area contributed by atoms with Gasteiger partial charge in [-0.25, -0.2) is 4.98 Å². The van der Waals surface area contributed by atoms with Crippen LogP contribution >= 0.6 is 0 Å². The predicted molar refractivity (Wildman–Crippen MR) is 66.4 cm³/mol. The van der Waals surface area contributed by atoms with Gasteiger partial charge in [0.05, 0.1) is 6.04 Å². The van der Waals surface area contributed by atoms with Gasteiger partial charge in [-0.3, -0.25) is 4.79 Å². The van der Waals surface area contributed by atoms with Gasteiger partial charge in [-0.1, -0.05) is 11.2 Å². The minimum atomic E-state index is -0.329. The Morgan fingerprint density at radius 1 is 1.61 bits per heavy atom. The number of hydrogen-bond donors (Lipinski definition) is 2. The monoisotopic (exact) mass is 248 g/mol. The zero-order valence-corrected chi connectivity index (χ0v) is 10.2. The van der Waals surface area contributed by atoms with E-state index in [0.717, 1.165) is 12.1 Å². The fourth-order valence-electron chi connectivity index (χ4n) is 2.19. The molecule has 6 heteroatoms. The van der Waals surface area contributed by atoms with Crippen molar-refractivity contribution in [2.45, 2.75) is 25.8 Å². The van der Waals surface area contributed by atoms with Crippen molar-refractivity contribution in [2.24, 2.45) is 10.9 Å². The third-order valence-corrected chi connectivity index (χ3v) is 3.08. The number of hydrogen-bond acceptors (Lipinski definition) is 4. The second kappa shape index (κ2) is 5.03. The van der Waals surface area contributed by atoms with Crippen LogP contribution in [0.25, 0.3) is 0 Å². The van der Waals surface area contributed by atoms with Crippen LogP contribution in [0.1, 0.15) is 29.0 Å². The first-order valence-corrected chi connectivity index (χ1v) is 5.85. The SMILES string of the molecule is Cc1cccc(C(=O)N2CCCC2C(N)=NO)n1. The molecule has 1 atom stereocenters. The number of rotatable bonds is 2. The molecule has 1 aromatic heterocycles. The van der Waals surface area contributed by atoms with Gasteiger partial charge >= 0.3 is 0 Å². The zero-order chi connectivity index (χ0) is 13.1. The number of aromatic nitrogens is 1. The average Bonchev–Trinajstić information content (AvgIpc) is 2.86. The van der Waals surface area contributed by atoms with E-state index in [9.17, 15) is 4.79 Å². The Hall–Kier alpha value is -2.11. The van der Waals surface area contributed by atoms with Crippen molar-refractivity contribution in [3.63, 3.8) is 0 Å². The van der Waals surface area contributed by atoms with Crippen LogP contribution in [0.5, 0.6) is 0 Å². The van der Waals surface area contributed by atoms with Crippen LogP contribution in [-0.4, -0.2) is 39.4 Å². The molecule has 1 amide bonds. The summed E-state index contributed by atoms with van der Waals surface area (Å²) in [6, 6.07) is 4.98. The summed E-state index contributed by atoms with van der Waals surface area (Å²) in [6.45, 7) is 2.44. The van der Waals surface area contributed by atoms with Gasteiger partial charge in [-0.15, -0.1) is 0 Å². The van der Waals surface area contributed by atoms with Gasteiger partial charge in [0.15, 0.2) is 5.84 Å². The maximum atomic E-state index is 12.3. The van der Waals surface area contributed by atoms with Gasteiger partial charge in [0, 0.05) is 12.2 Å². The third-order valence-electron chi connectivity index (χ3n) is 3.08. The summed E-state index contributed by atoms with van der Waals surface area (Å²) in [4.78, 5) is 18.1. The topological polar surface area (TPSA) is 91.8 Å². The van der Waals surface area contributed by atoms with Gasteiger partial charge in [0.25, 0.3) is 5.91 Å². The number of amidine groups is 1. The predicted octanol–water partition coefficient (Wildman–Crippen LogP) is 0.741. The summed E-state index contributed by atoms with van der Waals surface area (Å²) < 4.78 is 0. The lowest BCUT2D eigenvalue weighted by atomic mass is 10.2. The van der Waals surface area contributed by atoms with Crippen molar-refractivity contribution in [3.8, 4) is 0 Å². The highest BCUT2D eigenvalue weighted by Gasteiger charge is 2.32. The Kier molecular flexibility index (Phi) is 3.45. The molecule has 0 bridgehead atoms. The summed E-state index contributed by atoms with van der Waals surface area (Å²) in [5.74, 6) is -0.0960. The Labute approximate surface area is 105 Å². The Bertz CT molecular complexity index is 487. The molecular formula is C12H16N4O2. The van der Waals surface area contributed by atoms with E-state index in [4.69, 9.17) is 10.9 Å².